The van der Waals surface area contributed by atoms with Gasteiger partial charge in [0.15, 0.2) is 18.1 Å². The van der Waals surface area contributed by atoms with Crippen LogP contribution < -0.4 is 20.1 Å². The number of benzene rings is 1. The van der Waals surface area contributed by atoms with Gasteiger partial charge in [-0.3, -0.25) is 10.1 Å². The Morgan fingerprint density at radius 1 is 1.14 bits per heavy atom. The molecular formula is C21H26N2O6. The molecule has 3 amide bonds. The monoisotopic (exact) mass is 402 g/mol. The van der Waals surface area contributed by atoms with E-state index < -0.39 is 24.5 Å². The van der Waals surface area contributed by atoms with Crippen LogP contribution in [0.5, 0.6) is 11.5 Å². The number of nitrogens with one attached hydrogen (secondary N) is 2. The Kier molecular flexibility index (Phi) is 7.10. The maximum absolute atomic E-state index is 11.9. The molecule has 2 atom stereocenters. The fourth-order valence-electron chi connectivity index (χ4n) is 3.41. The molecule has 1 aromatic rings. The molecule has 156 valence electrons. The van der Waals surface area contributed by atoms with E-state index in [0.29, 0.717) is 30.6 Å². The summed E-state index contributed by atoms with van der Waals surface area (Å²) in [7, 11) is 0. The average molecular weight is 402 g/mol. The highest BCUT2D eigenvalue weighted by Gasteiger charge is 2.23. The normalized spacial score (nSPS) is 20.7. The zero-order valence-corrected chi connectivity index (χ0v) is 16.4. The molecule has 8 heteroatoms. The SMILES string of the molecule is C[C@@H]1CCCC[C@@H]1NC(=O)NC(=O)COC(=O)/C=C/c1ccc2c(c1)OCCO2. The number of amides is 3. The molecule has 3 rings (SSSR count). The molecule has 1 aromatic carbocycles. The van der Waals surface area contributed by atoms with E-state index in [1.165, 1.54) is 6.08 Å². The van der Waals surface area contributed by atoms with Gasteiger partial charge in [0.2, 0.25) is 0 Å². The van der Waals surface area contributed by atoms with Crippen LogP contribution in [0.25, 0.3) is 6.08 Å². The Morgan fingerprint density at radius 2 is 1.90 bits per heavy atom. The number of hydrogen-bond donors (Lipinski definition) is 2. The molecule has 1 saturated carbocycles. The first-order valence-electron chi connectivity index (χ1n) is 9.86. The van der Waals surface area contributed by atoms with E-state index in [2.05, 4.69) is 17.6 Å². The Labute approximate surface area is 169 Å². The lowest BCUT2D eigenvalue weighted by Crippen LogP contribution is -2.48. The van der Waals surface area contributed by atoms with E-state index in [0.717, 1.165) is 31.2 Å². The van der Waals surface area contributed by atoms with Gasteiger partial charge in [-0.2, -0.15) is 0 Å². The molecule has 0 aromatic heterocycles. The van der Waals surface area contributed by atoms with Crippen molar-refractivity contribution < 1.29 is 28.6 Å². The minimum atomic E-state index is -0.684. The molecule has 1 heterocycles. The van der Waals surface area contributed by atoms with Crippen LogP contribution >= 0.6 is 0 Å². The molecule has 1 fully saturated rings. The second-order valence-electron chi connectivity index (χ2n) is 7.23. The summed E-state index contributed by atoms with van der Waals surface area (Å²) in [5.41, 5.74) is 0.733. The second kappa shape index (κ2) is 9.95. The molecule has 2 N–H and O–H groups in total. The smallest absolute Gasteiger partial charge is 0.331 e. The zero-order valence-electron chi connectivity index (χ0n) is 16.4. The Bertz CT molecular complexity index is 791. The predicted octanol–water partition coefficient (Wildman–Crippen LogP) is 2.42. The van der Waals surface area contributed by atoms with Crippen LogP contribution in [0.3, 0.4) is 0 Å². The third-order valence-corrected chi connectivity index (χ3v) is 5.00. The summed E-state index contributed by atoms with van der Waals surface area (Å²) in [6.07, 6.45) is 6.96. The van der Waals surface area contributed by atoms with Gasteiger partial charge in [0.25, 0.3) is 5.91 Å². The maximum atomic E-state index is 11.9. The van der Waals surface area contributed by atoms with Gasteiger partial charge in [0, 0.05) is 12.1 Å². The Balaban J connectivity index is 1.40. The van der Waals surface area contributed by atoms with E-state index in [1.54, 1.807) is 24.3 Å². The maximum Gasteiger partial charge on any atom is 0.331 e. The Hall–Kier alpha value is -3.03. The summed E-state index contributed by atoms with van der Waals surface area (Å²) in [6.45, 7) is 2.54. The summed E-state index contributed by atoms with van der Waals surface area (Å²) < 4.78 is 15.8. The number of carbonyl (C=O) groups is 3. The minimum Gasteiger partial charge on any atom is -0.486 e. The van der Waals surface area contributed by atoms with Crippen LogP contribution in [0.1, 0.15) is 38.2 Å². The van der Waals surface area contributed by atoms with Crippen molar-refractivity contribution in [2.24, 2.45) is 5.92 Å². The first kappa shape index (κ1) is 20.7. The summed E-state index contributed by atoms with van der Waals surface area (Å²) in [5.74, 6) is 0.300. The topological polar surface area (TPSA) is 103 Å². The van der Waals surface area contributed by atoms with Gasteiger partial charge < -0.3 is 19.5 Å². The predicted molar refractivity (Wildman–Crippen MR) is 106 cm³/mol. The molecule has 0 bridgehead atoms. The molecule has 0 saturated heterocycles. The second-order valence-corrected chi connectivity index (χ2v) is 7.23. The molecule has 1 aliphatic heterocycles. The van der Waals surface area contributed by atoms with E-state index in [4.69, 9.17) is 14.2 Å². The van der Waals surface area contributed by atoms with Gasteiger partial charge in [-0.25, -0.2) is 9.59 Å². The van der Waals surface area contributed by atoms with Crippen molar-refractivity contribution in [3.05, 3.63) is 29.8 Å². The molecule has 1 aliphatic carbocycles. The van der Waals surface area contributed by atoms with E-state index in [-0.39, 0.29) is 6.04 Å². The van der Waals surface area contributed by atoms with Crippen molar-refractivity contribution >= 4 is 24.0 Å². The van der Waals surface area contributed by atoms with E-state index in [9.17, 15) is 14.4 Å². The van der Waals surface area contributed by atoms with Crippen molar-refractivity contribution in [3.63, 3.8) is 0 Å². The van der Waals surface area contributed by atoms with Crippen molar-refractivity contribution in [1.82, 2.24) is 10.6 Å². The van der Waals surface area contributed by atoms with Crippen LogP contribution in [0.15, 0.2) is 24.3 Å². The third-order valence-electron chi connectivity index (χ3n) is 5.00. The van der Waals surface area contributed by atoms with Gasteiger partial charge in [0.1, 0.15) is 13.2 Å². The number of esters is 1. The van der Waals surface area contributed by atoms with Gasteiger partial charge in [0.05, 0.1) is 0 Å². The molecular weight excluding hydrogens is 376 g/mol. The standard InChI is InChI=1S/C21H26N2O6/c1-14-4-2-3-5-16(14)22-21(26)23-19(24)13-29-20(25)9-7-15-6-8-17-18(12-15)28-11-10-27-17/h6-9,12,14,16H,2-5,10-11,13H2,1H3,(H2,22,23,24,26)/b9-7+/t14-,16+/m1/s1. The van der Waals surface area contributed by atoms with Gasteiger partial charge in [-0.15, -0.1) is 0 Å². The largest absolute Gasteiger partial charge is 0.486 e. The quantitative estimate of drug-likeness (QED) is 0.579. The molecule has 0 radical (unpaired) electrons. The lowest BCUT2D eigenvalue weighted by molar-refractivity contribution is -0.143. The van der Waals surface area contributed by atoms with Crippen molar-refractivity contribution in [2.45, 2.75) is 38.6 Å². The number of carbonyl (C=O) groups excluding carboxylic acids is 3. The summed E-state index contributed by atoms with van der Waals surface area (Å²) >= 11 is 0. The highest BCUT2D eigenvalue weighted by atomic mass is 16.6. The summed E-state index contributed by atoms with van der Waals surface area (Å²) in [5, 5.41) is 5.00. The first-order chi connectivity index (χ1) is 14.0. The fourth-order valence-corrected chi connectivity index (χ4v) is 3.41. The van der Waals surface area contributed by atoms with Gasteiger partial charge >= 0.3 is 12.0 Å². The number of hydrogen-bond acceptors (Lipinski definition) is 6. The minimum absolute atomic E-state index is 0.0630. The molecule has 8 nitrogen and oxygen atoms in total. The average Bonchev–Trinajstić information content (AvgIpc) is 2.72. The molecule has 0 unspecified atom stereocenters. The summed E-state index contributed by atoms with van der Waals surface area (Å²) in [4.78, 5) is 35.5. The number of fused-ring (bicyclic) bond motifs is 1. The number of urea groups is 1. The van der Waals surface area contributed by atoms with Crippen LogP contribution in [-0.4, -0.2) is 43.8 Å². The van der Waals surface area contributed by atoms with Crippen LogP contribution in [0.2, 0.25) is 0 Å². The lowest BCUT2D eigenvalue weighted by Gasteiger charge is -2.29. The third kappa shape index (κ3) is 6.23. The van der Waals surface area contributed by atoms with Gasteiger partial charge in [-0.05, 0) is 42.5 Å². The number of ether oxygens (including phenoxy) is 3. The van der Waals surface area contributed by atoms with Crippen molar-refractivity contribution in [2.75, 3.05) is 19.8 Å². The molecule has 0 spiro atoms. The zero-order chi connectivity index (χ0) is 20.6. The first-order valence-corrected chi connectivity index (χ1v) is 9.86. The van der Waals surface area contributed by atoms with Crippen LogP contribution in [-0.2, 0) is 14.3 Å². The van der Waals surface area contributed by atoms with Gasteiger partial charge in [-0.1, -0.05) is 25.8 Å². The van der Waals surface area contributed by atoms with Crippen LogP contribution in [0.4, 0.5) is 4.79 Å². The van der Waals surface area contributed by atoms with E-state index >= 15 is 0 Å². The Morgan fingerprint density at radius 3 is 2.69 bits per heavy atom. The van der Waals surface area contributed by atoms with Crippen molar-refractivity contribution in [3.8, 4) is 11.5 Å². The van der Waals surface area contributed by atoms with E-state index in [1.807, 2.05) is 0 Å². The summed E-state index contributed by atoms with van der Waals surface area (Å²) in [6, 6.07) is 4.80. The highest BCUT2D eigenvalue weighted by molar-refractivity contribution is 5.96. The lowest BCUT2D eigenvalue weighted by atomic mass is 9.86. The number of rotatable bonds is 5. The molecule has 29 heavy (non-hydrogen) atoms. The van der Waals surface area contributed by atoms with Crippen molar-refractivity contribution in [1.29, 1.82) is 0 Å². The highest BCUT2D eigenvalue weighted by Crippen LogP contribution is 2.31. The van der Waals surface area contributed by atoms with Crippen LogP contribution in [0, 0.1) is 5.92 Å². The molecule has 2 aliphatic rings. The fraction of sp³-hybridized carbons (Fsp3) is 0.476. The number of imide groups is 1.